The summed E-state index contributed by atoms with van der Waals surface area (Å²) in [4.78, 5) is 43.7. The minimum atomic E-state index is -1.14. The highest BCUT2D eigenvalue weighted by Crippen LogP contribution is 2.56. The summed E-state index contributed by atoms with van der Waals surface area (Å²) in [6.07, 6.45) is 12.2. The fourth-order valence-corrected chi connectivity index (χ4v) is 8.03. The Balaban J connectivity index is 1.32. The topological polar surface area (TPSA) is 87.7 Å². The highest BCUT2D eigenvalue weighted by molar-refractivity contribution is 6.35. The van der Waals surface area contributed by atoms with E-state index in [1.54, 1.807) is 23.1 Å². The van der Waals surface area contributed by atoms with Crippen molar-refractivity contribution in [2.45, 2.75) is 94.5 Å². The summed E-state index contributed by atoms with van der Waals surface area (Å²) < 4.78 is 6.49. The molecular formula is C29H35Cl2N3O4. The molecule has 2 N–H and O–H groups in total. The van der Waals surface area contributed by atoms with Crippen LogP contribution in [0.15, 0.2) is 30.4 Å². The van der Waals surface area contributed by atoms with Crippen LogP contribution in [0.5, 0.6) is 0 Å². The number of carbonyl (C=O) groups is 3. The minimum absolute atomic E-state index is 0.0349. The average molecular weight is 561 g/mol. The van der Waals surface area contributed by atoms with Crippen molar-refractivity contribution in [2.24, 2.45) is 17.8 Å². The summed E-state index contributed by atoms with van der Waals surface area (Å²) in [6, 6.07) is 4.14. The van der Waals surface area contributed by atoms with E-state index in [-0.39, 0.29) is 29.8 Å². The Morgan fingerprint density at radius 1 is 0.974 bits per heavy atom. The third kappa shape index (κ3) is 4.44. The lowest BCUT2D eigenvalue weighted by atomic mass is 9.74. The predicted octanol–water partition coefficient (Wildman–Crippen LogP) is 5.11. The van der Waals surface area contributed by atoms with E-state index in [2.05, 4.69) is 17.6 Å². The largest absolute Gasteiger partial charge is 0.359 e. The van der Waals surface area contributed by atoms with Crippen LogP contribution in [0.4, 0.5) is 5.69 Å². The van der Waals surface area contributed by atoms with E-state index in [0.29, 0.717) is 21.7 Å². The lowest BCUT2D eigenvalue weighted by Gasteiger charge is -2.40. The number of anilines is 1. The van der Waals surface area contributed by atoms with Crippen molar-refractivity contribution in [1.82, 2.24) is 10.2 Å². The molecule has 204 valence electrons. The Morgan fingerprint density at radius 3 is 2.34 bits per heavy atom. The Kier molecular flexibility index (Phi) is 6.98. The predicted molar refractivity (Wildman–Crippen MR) is 146 cm³/mol. The zero-order valence-corrected chi connectivity index (χ0v) is 23.1. The number of carbonyl (C=O) groups excluding carboxylic acids is 3. The van der Waals surface area contributed by atoms with Crippen molar-refractivity contribution in [3.63, 3.8) is 0 Å². The summed E-state index contributed by atoms with van der Waals surface area (Å²) in [5.41, 5.74) is -0.680. The van der Waals surface area contributed by atoms with Crippen molar-refractivity contribution in [2.75, 3.05) is 5.32 Å². The standard InChI is InChI=1S/C29H35Cl2N3O4/c1-16-7-9-21(10-8-16)34-25(27(36)32-19-5-3-2-4-6-19)29-12-11-22(38-29)23(24(29)28(34)37)26(35)33-20-14-17(30)13-18(31)15-20/h11-16,19,21-25H,2-10H2,1H3,(H,32,36)(H,33,35)/t16?,21?,22-,23-,24-,25+,29-/m0/s1. The van der Waals surface area contributed by atoms with Gasteiger partial charge in [0, 0.05) is 27.8 Å². The molecule has 9 heteroatoms. The van der Waals surface area contributed by atoms with E-state index in [4.69, 9.17) is 27.9 Å². The van der Waals surface area contributed by atoms with Gasteiger partial charge in [0.2, 0.25) is 17.7 Å². The molecule has 3 heterocycles. The zero-order chi connectivity index (χ0) is 26.6. The van der Waals surface area contributed by atoms with Gasteiger partial charge in [-0.15, -0.1) is 0 Å². The van der Waals surface area contributed by atoms with E-state index >= 15 is 0 Å². The van der Waals surface area contributed by atoms with Gasteiger partial charge in [0.05, 0.1) is 17.9 Å². The van der Waals surface area contributed by atoms with E-state index in [9.17, 15) is 14.4 Å². The molecule has 2 bridgehead atoms. The number of ether oxygens (including phenoxy) is 1. The molecule has 7 nitrogen and oxygen atoms in total. The second kappa shape index (κ2) is 10.1. The summed E-state index contributed by atoms with van der Waals surface area (Å²) in [5, 5.41) is 6.98. The molecule has 2 aliphatic carbocycles. The first-order chi connectivity index (χ1) is 18.3. The summed E-state index contributed by atoms with van der Waals surface area (Å²) >= 11 is 12.3. The van der Waals surface area contributed by atoms with Crippen LogP contribution in [-0.4, -0.2) is 52.5 Å². The lowest BCUT2D eigenvalue weighted by molar-refractivity contribution is -0.145. The first-order valence-electron chi connectivity index (χ1n) is 14.0. The molecule has 0 radical (unpaired) electrons. The van der Waals surface area contributed by atoms with Crippen molar-refractivity contribution in [3.05, 3.63) is 40.4 Å². The van der Waals surface area contributed by atoms with E-state index in [1.165, 1.54) is 6.42 Å². The molecule has 5 atom stereocenters. The van der Waals surface area contributed by atoms with Gasteiger partial charge in [0.25, 0.3) is 0 Å². The van der Waals surface area contributed by atoms with Gasteiger partial charge in [0.1, 0.15) is 11.6 Å². The van der Waals surface area contributed by atoms with Crippen LogP contribution in [-0.2, 0) is 19.1 Å². The molecule has 4 fully saturated rings. The van der Waals surface area contributed by atoms with Gasteiger partial charge >= 0.3 is 0 Å². The molecule has 2 saturated heterocycles. The number of nitrogens with zero attached hydrogens (tertiary/aromatic N) is 1. The second-order valence-corrected chi connectivity index (χ2v) is 12.7. The Morgan fingerprint density at radius 2 is 1.66 bits per heavy atom. The Labute approximate surface area is 233 Å². The lowest BCUT2D eigenvalue weighted by Crippen LogP contribution is -2.58. The molecule has 6 rings (SSSR count). The van der Waals surface area contributed by atoms with Crippen molar-refractivity contribution < 1.29 is 19.1 Å². The fraction of sp³-hybridized carbons (Fsp3) is 0.621. The number of likely N-dealkylation sites (tertiary alicyclic amines) is 1. The monoisotopic (exact) mass is 559 g/mol. The van der Waals surface area contributed by atoms with Gasteiger partial charge in [-0.25, -0.2) is 0 Å². The summed E-state index contributed by atoms with van der Waals surface area (Å²) in [7, 11) is 0. The average Bonchev–Trinajstić information content (AvgIpc) is 3.52. The second-order valence-electron chi connectivity index (χ2n) is 11.9. The van der Waals surface area contributed by atoms with Crippen LogP contribution < -0.4 is 10.6 Å². The number of hydrogen-bond donors (Lipinski definition) is 2. The van der Waals surface area contributed by atoms with Crippen LogP contribution >= 0.6 is 23.2 Å². The molecule has 3 amide bonds. The number of fused-ring (bicyclic) bond motifs is 1. The van der Waals surface area contributed by atoms with Gasteiger partial charge in [-0.3, -0.25) is 14.4 Å². The molecule has 1 spiro atoms. The molecule has 0 unspecified atom stereocenters. The first-order valence-corrected chi connectivity index (χ1v) is 14.8. The maximum absolute atomic E-state index is 14.2. The third-order valence-corrected chi connectivity index (χ3v) is 9.76. The number of rotatable bonds is 5. The van der Waals surface area contributed by atoms with Gasteiger partial charge in [-0.2, -0.15) is 0 Å². The van der Waals surface area contributed by atoms with Crippen LogP contribution in [0.25, 0.3) is 0 Å². The minimum Gasteiger partial charge on any atom is -0.359 e. The van der Waals surface area contributed by atoms with Gasteiger partial charge < -0.3 is 20.3 Å². The van der Waals surface area contributed by atoms with E-state index < -0.39 is 29.6 Å². The number of amides is 3. The molecule has 1 aromatic rings. The fourth-order valence-electron chi connectivity index (χ4n) is 7.50. The zero-order valence-electron chi connectivity index (χ0n) is 21.6. The highest BCUT2D eigenvalue weighted by atomic mass is 35.5. The van der Waals surface area contributed by atoms with Gasteiger partial charge in [-0.1, -0.05) is 61.5 Å². The Bertz CT molecular complexity index is 1140. The van der Waals surface area contributed by atoms with Crippen LogP contribution in [0.2, 0.25) is 10.0 Å². The van der Waals surface area contributed by atoms with E-state index in [1.807, 2.05) is 12.2 Å². The van der Waals surface area contributed by atoms with Crippen LogP contribution in [0.1, 0.15) is 64.7 Å². The molecule has 3 aliphatic heterocycles. The molecule has 38 heavy (non-hydrogen) atoms. The van der Waals surface area contributed by atoms with Gasteiger partial charge in [0.15, 0.2) is 0 Å². The maximum Gasteiger partial charge on any atom is 0.246 e. The number of nitrogens with one attached hydrogen (secondary N) is 2. The Hall–Kier alpha value is -2.09. The normalized spacial score (nSPS) is 36.4. The molecular weight excluding hydrogens is 525 g/mol. The quantitative estimate of drug-likeness (QED) is 0.490. The van der Waals surface area contributed by atoms with Gasteiger partial charge in [-0.05, 0) is 62.6 Å². The first kappa shape index (κ1) is 26.1. The molecule has 1 aromatic carbocycles. The maximum atomic E-state index is 14.2. The smallest absolute Gasteiger partial charge is 0.246 e. The third-order valence-electron chi connectivity index (χ3n) is 9.32. The SMILES string of the molecule is CC1CCC(N2C(=O)[C@@H]3[C@@H](C(=O)Nc4cc(Cl)cc(Cl)c4)[C@@H]4C=C[C@@]3(O4)[C@H]2C(=O)NC2CCCCC2)CC1. The molecule has 2 saturated carbocycles. The number of halogens is 2. The van der Waals surface area contributed by atoms with E-state index in [0.717, 1.165) is 51.4 Å². The summed E-state index contributed by atoms with van der Waals surface area (Å²) in [5.74, 6) is -1.53. The highest BCUT2D eigenvalue weighted by Gasteiger charge is 2.73. The van der Waals surface area contributed by atoms with Crippen molar-refractivity contribution in [1.29, 1.82) is 0 Å². The number of hydrogen-bond acceptors (Lipinski definition) is 4. The van der Waals surface area contributed by atoms with Crippen LogP contribution in [0, 0.1) is 17.8 Å². The summed E-state index contributed by atoms with van der Waals surface area (Å²) in [6.45, 7) is 2.23. The van der Waals surface area contributed by atoms with Crippen molar-refractivity contribution in [3.8, 4) is 0 Å². The van der Waals surface area contributed by atoms with Crippen molar-refractivity contribution >= 4 is 46.6 Å². The molecule has 0 aromatic heterocycles. The number of benzene rings is 1. The van der Waals surface area contributed by atoms with Crippen LogP contribution in [0.3, 0.4) is 0 Å². The molecule has 5 aliphatic rings.